The van der Waals surface area contributed by atoms with Gasteiger partial charge in [-0.15, -0.1) is 6.58 Å². The number of ether oxygens (including phenoxy) is 1. The molecule has 3 N–H and O–H groups in total. The van der Waals surface area contributed by atoms with Crippen molar-refractivity contribution >= 4 is 31.5 Å². The number of hydrogen-bond acceptors (Lipinski definition) is 5. The van der Waals surface area contributed by atoms with Gasteiger partial charge in [0.25, 0.3) is 5.91 Å². The number of aliphatic hydroxyl groups excluding tert-OH is 1. The molecule has 8 heteroatoms. The average molecular weight is 419 g/mol. The zero-order chi connectivity index (χ0) is 21.6. The first-order valence-corrected chi connectivity index (χ1v) is 13.0. The summed E-state index contributed by atoms with van der Waals surface area (Å²) in [6.07, 6.45) is 1.59. The van der Waals surface area contributed by atoms with Crippen LogP contribution in [0.1, 0.15) is 25.8 Å². The molecule has 4 atom stereocenters. The van der Waals surface area contributed by atoms with Crippen molar-refractivity contribution in [2.24, 2.45) is 5.92 Å². The minimum Gasteiger partial charge on any atom is -0.432 e. The lowest BCUT2D eigenvalue weighted by Crippen LogP contribution is -2.46. The third-order valence-corrected chi connectivity index (χ3v) is 8.53. The van der Waals surface area contributed by atoms with Gasteiger partial charge < -0.3 is 24.9 Å². The van der Waals surface area contributed by atoms with Crippen LogP contribution < -0.4 is 10.2 Å². The van der Waals surface area contributed by atoms with Crippen molar-refractivity contribution in [2.45, 2.75) is 50.6 Å². The summed E-state index contributed by atoms with van der Waals surface area (Å²) >= 11 is 0. The van der Waals surface area contributed by atoms with E-state index in [4.69, 9.17) is 4.74 Å². The number of benzene rings is 1. The second-order valence-corrected chi connectivity index (χ2v) is 12.5. The zero-order valence-electron chi connectivity index (χ0n) is 17.4. The molecule has 0 aliphatic carbocycles. The zero-order valence-corrected chi connectivity index (χ0v) is 18.4. The molecule has 2 amide bonds. The minimum atomic E-state index is -2.71. The quantitative estimate of drug-likeness (QED) is 0.487. The Labute approximate surface area is 172 Å². The smallest absolute Gasteiger partial charge is 0.264 e. The van der Waals surface area contributed by atoms with E-state index in [1.807, 2.05) is 26.1 Å². The number of anilines is 2. The van der Waals surface area contributed by atoms with Crippen molar-refractivity contribution in [3.8, 4) is 0 Å². The van der Waals surface area contributed by atoms with Gasteiger partial charge in [-0.05, 0) is 37.7 Å². The fraction of sp³-hybridized carbons (Fsp3) is 0.524. The Bertz CT molecular complexity index is 837. The second kappa shape index (κ2) is 7.68. The molecule has 1 spiro atoms. The Morgan fingerprint density at radius 2 is 2.14 bits per heavy atom. The molecule has 1 aromatic rings. The predicted molar refractivity (Wildman–Crippen MR) is 114 cm³/mol. The highest BCUT2D eigenvalue weighted by atomic mass is 28.4. The number of aliphatic hydroxyl groups is 1. The van der Waals surface area contributed by atoms with E-state index < -0.39 is 20.0 Å². The summed E-state index contributed by atoms with van der Waals surface area (Å²) in [5, 5.41) is 12.3. The molecule has 0 radical (unpaired) electrons. The molecule has 0 unspecified atom stereocenters. The fourth-order valence-electron chi connectivity index (χ4n) is 5.07. The number of fused-ring (bicyclic) bond motifs is 2. The summed E-state index contributed by atoms with van der Waals surface area (Å²) in [4.78, 5) is 37.9. The van der Waals surface area contributed by atoms with Gasteiger partial charge in [-0.3, -0.25) is 9.59 Å². The molecule has 0 saturated carbocycles. The Kier molecular flexibility index (Phi) is 5.75. The SMILES string of the molecule is C=CCN1C(=O)[C@]2(O[C@H](CCO)[C@@H]([Si](C)(C)O)[C@@H]2C)c2cc(NC(C)=O)ccc21. The highest BCUT2D eigenvalue weighted by Gasteiger charge is 2.66. The summed E-state index contributed by atoms with van der Waals surface area (Å²) in [6, 6.07) is 5.36. The van der Waals surface area contributed by atoms with Crippen molar-refractivity contribution in [3.63, 3.8) is 0 Å². The number of amides is 2. The van der Waals surface area contributed by atoms with Crippen molar-refractivity contribution in [2.75, 3.05) is 23.4 Å². The monoisotopic (exact) mass is 418 g/mol. The molecule has 2 aliphatic heterocycles. The van der Waals surface area contributed by atoms with Gasteiger partial charge in [0.2, 0.25) is 5.91 Å². The molecule has 1 saturated heterocycles. The molecule has 0 bridgehead atoms. The van der Waals surface area contributed by atoms with Gasteiger partial charge >= 0.3 is 0 Å². The van der Waals surface area contributed by atoms with Crippen LogP contribution in [0.2, 0.25) is 18.6 Å². The van der Waals surface area contributed by atoms with Crippen molar-refractivity contribution in [1.29, 1.82) is 0 Å². The van der Waals surface area contributed by atoms with Crippen LogP contribution in [-0.2, 0) is 19.9 Å². The van der Waals surface area contributed by atoms with Gasteiger partial charge in [0, 0.05) is 42.8 Å². The molecule has 2 heterocycles. The summed E-state index contributed by atoms with van der Waals surface area (Å²) in [6.45, 7) is 11.1. The van der Waals surface area contributed by atoms with E-state index in [1.54, 1.807) is 23.1 Å². The maximum atomic E-state index is 13.7. The summed E-state index contributed by atoms with van der Waals surface area (Å²) < 4.78 is 6.45. The third-order valence-electron chi connectivity index (χ3n) is 6.03. The Balaban J connectivity index is 2.19. The van der Waals surface area contributed by atoms with E-state index in [-0.39, 0.29) is 29.9 Å². The molecular formula is C21H30N2O5Si. The molecule has 0 aromatic heterocycles. The van der Waals surface area contributed by atoms with Gasteiger partial charge in [-0.1, -0.05) is 13.0 Å². The minimum absolute atomic E-state index is 0.0855. The first kappa shape index (κ1) is 21.7. The Hall–Kier alpha value is -2.00. The van der Waals surface area contributed by atoms with Gasteiger partial charge in [-0.25, -0.2) is 0 Å². The molecule has 158 valence electrons. The highest BCUT2D eigenvalue weighted by molar-refractivity contribution is 6.71. The van der Waals surface area contributed by atoms with E-state index >= 15 is 0 Å². The van der Waals surface area contributed by atoms with Crippen molar-refractivity contribution in [3.05, 3.63) is 36.4 Å². The highest BCUT2D eigenvalue weighted by Crippen LogP contribution is 2.59. The average Bonchev–Trinajstić information content (AvgIpc) is 3.03. The van der Waals surface area contributed by atoms with Crippen LogP contribution in [0.25, 0.3) is 0 Å². The van der Waals surface area contributed by atoms with Crippen LogP contribution in [0.5, 0.6) is 0 Å². The maximum Gasteiger partial charge on any atom is 0.264 e. The first-order chi connectivity index (χ1) is 13.6. The van der Waals surface area contributed by atoms with Gasteiger partial charge in [-0.2, -0.15) is 0 Å². The summed E-state index contributed by atoms with van der Waals surface area (Å²) in [7, 11) is -2.71. The normalized spacial score (nSPS) is 28.7. The summed E-state index contributed by atoms with van der Waals surface area (Å²) in [5.74, 6) is -0.686. The van der Waals surface area contributed by atoms with Gasteiger partial charge in [0.05, 0.1) is 11.8 Å². The number of nitrogens with one attached hydrogen (secondary N) is 1. The maximum absolute atomic E-state index is 13.7. The lowest BCUT2D eigenvalue weighted by Gasteiger charge is -2.32. The van der Waals surface area contributed by atoms with Crippen molar-refractivity contribution in [1.82, 2.24) is 0 Å². The standard InChI is InChI=1S/C21H30N2O5Si/c1-6-10-23-17-8-7-15(22-14(3)25)12-16(17)21(20(23)26)13(2)19(29(4,5)27)18(28-21)9-11-24/h6-8,12-13,18-19,24,27H,1,9-11H2,2-5H3,(H,22,25)/t13-,18+,19-,21+/m0/s1. The van der Waals surface area contributed by atoms with Crippen LogP contribution in [0.3, 0.4) is 0 Å². The third kappa shape index (κ3) is 3.44. The molecule has 1 aromatic carbocycles. The number of nitrogens with zero attached hydrogens (tertiary/aromatic N) is 1. The Morgan fingerprint density at radius 1 is 1.45 bits per heavy atom. The van der Waals surface area contributed by atoms with Gasteiger partial charge in [0.15, 0.2) is 13.9 Å². The fourth-order valence-corrected chi connectivity index (χ4v) is 7.67. The number of carbonyl (C=O) groups excluding carboxylic acids is 2. The van der Waals surface area contributed by atoms with E-state index in [9.17, 15) is 19.5 Å². The van der Waals surface area contributed by atoms with E-state index in [0.717, 1.165) is 5.69 Å². The topological polar surface area (TPSA) is 99.1 Å². The van der Waals surface area contributed by atoms with Crippen LogP contribution in [0.4, 0.5) is 11.4 Å². The van der Waals surface area contributed by atoms with Crippen LogP contribution in [0.15, 0.2) is 30.9 Å². The number of rotatable bonds is 6. The molecule has 29 heavy (non-hydrogen) atoms. The molecule has 7 nitrogen and oxygen atoms in total. The largest absolute Gasteiger partial charge is 0.432 e. The van der Waals surface area contributed by atoms with E-state index in [1.165, 1.54) is 6.92 Å². The molecule has 1 fully saturated rings. The van der Waals surface area contributed by atoms with Gasteiger partial charge in [0.1, 0.15) is 0 Å². The Morgan fingerprint density at radius 3 is 2.69 bits per heavy atom. The predicted octanol–water partition coefficient (Wildman–Crippen LogP) is 2.36. The van der Waals surface area contributed by atoms with E-state index in [2.05, 4.69) is 11.9 Å². The molecule has 2 aliphatic rings. The van der Waals surface area contributed by atoms with Crippen molar-refractivity contribution < 1.29 is 24.2 Å². The molecule has 3 rings (SSSR count). The number of carbonyl (C=O) groups is 2. The van der Waals surface area contributed by atoms with Crippen LogP contribution >= 0.6 is 0 Å². The lowest BCUT2D eigenvalue weighted by atomic mass is 9.82. The van der Waals surface area contributed by atoms with Crippen LogP contribution in [0, 0.1) is 5.92 Å². The first-order valence-electron chi connectivity index (χ1n) is 9.94. The van der Waals surface area contributed by atoms with Crippen LogP contribution in [-0.4, -0.2) is 49.3 Å². The molecular weight excluding hydrogens is 388 g/mol. The lowest BCUT2D eigenvalue weighted by molar-refractivity contribution is -0.146. The second-order valence-electron chi connectivity index (χ2n) is 8.49. The summed E-state index contributed by atoms with van der Waals surface area (Å²) in [5.41, 5.74) is 0.509. The number of hydrogen-bond donors (Lipinski definition) is 3. The van der Waals surface area contributed by atoms with E-state index in [0.29, 0.717) is 24.2 Å².